The zero-order chi connectivity index (χ0) is 24.4. The van der Waals surface area contributed by atoms with Crippen LogP contribution in [0.4, 0.5) is 4.79 Å². The second-order valence-electron chi connectivity index (χ2n) is 9.42. The number of nitrogens with one attached hydrogen (secondary N) is 1. The van der Waals surface area contributed by atoms with Crippen molar-refractivity contribution in [2.24, 2.45) is 0 Å². The van der Waals surface area contributed by atoms with Crippen LogP contribution in [0.2, 0.25) is 0 Å². The molecule has 1 unspecified atom stereocenters. The van der Waals surface area contributed by atoms with Crippen molar-refractivity contribution >= 4 is 18.0 Å². The molecular formula is C27H30N2O6. The molecule has 8 nitrogen and oxygen atoms in total. The Morgan fingerprint density at radius 2 is 1.71 bits per heavy atom. The van der Waals surface area contributed by atoms with Gasteiger partial charge in [0.25, 0.3) is 5.91 Å². The third-order valence-corrected chi connectivity index (χ3v) is 7.33. The number of fused-ring (bicyclic) bond motifs is 3. The van der Waals surface area contributed by atoms with E-state index in [1.165, 1.54) is 0 Å². The molecule has 2 saturated heterocycles. The predicted molar refractivity (Wildman–Crippen MR) is 128 cm³/mol. The average Bonchev–Trinajstić information content (AvgIpc) is 3.59. The number of likely N-dealkylation sites (tertiary alicyclic amines) is 1. The molecule has 2 aliphatic heterocycles. The van der Waals surface area contributed by atoms with Gasteiger partial charge >= 0.3 is 12.1 Å². The third-order valence-electron chi connectivity index (χ3n) is 7.33. The van der Waals surface area contributed by atoms with Crippen LogP contribution in [0.3, 0.4) is 0 Å². The normalized spacial score (nSPS) is 23.1. The molecule has 0 saturated carbocycles. The molecule has 2 fully saturated rings. The highest BCUT2D eigenvalue weighted by Crippen LogP contribution is 2.44. The maximum atomic E-state index is 13.2. The molecule has 2 heterocycles. The Balaban J connectivity index is 1.20. The topological polar surface area (TPSA) is 105 Å². The lowest BCUT2D eigenvalue weighted by atomic mass is 9.98. The van der Waals surface area contributed by atoms with Gasteiger partial charge in [0.1, 0.15) is 6.61 Å². The molecule has 5 rings (SSSR count). The summed E-state index contributed by atoms with van der Waals surface area (Å²) in [5.74, 6) is -1.08. The van der Waals surface area contributed by atoms with Crippen molar-refractivity contribution in [3.63, 3.8) is 0 Å². The molecule has 0 aromatic heterocycles. The van der Waals surface area contributed by atoms with E-state index in [0.29, 0.717) is 26.0 Å². The number of carboxylic acids is 1. The summed E-state index contributed by atoms with van der Waals surface area (Å²) in [6, 6.07) is 15.7. The van der Waals surface area contributed by atoms with Gasteiger partial charge in [-0.1, -0.05) is 48.5 Å². The van der Waals surface area contributed by atoms with Crippen molar-refractivity contribution < 1.29 is 29.0 Å². The standard InChI is InChI=1S/C27H30N2O6/c30-24(31)12-11-17-6-5-14-29(17)26(32)25-23(13-15-34-25)28-27(33)35-16-22-20-9-3-1-7-18(20)19-8-2-4-10-21(19)22/h1-4,7-10,17,22-23,25H,5-6,11-16H2,(H,28,33)(H,30,31)/t17?,23-,25+/m0/s1. The van der Waals surface area contributed by atoms with E-state index in [0.717, 1.165) is 35.1 Å². The largest absolute Gasteiger partial charge is 0.481 e. The van der Waals surface area contributed by atoms with Crippen molar-refractivity contribution in [3.05, 3.63) is 59.7 Å². The maximum absolute atomic E-state index is 13.2. The van der Waals surface area contributed by atoms with E-state index in [2.05, 4.69) is 29.6 Å². The van der Waals surface area contributed by atoms with Crippen LogP contribution in [-0.2, 0) is 19.1 Å². The first-order chi connectivity index (χ1) is 17.0. The summed E-state index contributed by atoms with van der Waals surface area (Å²) < 4.78 is 11.4. The van der Waals surface area contributed by atoms with Gasteiger partial charge in [-0.3, -0.25) is 9.59 Å². The van der Waals surface area contributed by atoms with E-state index >= 15 is 0 Å². The number of carboxylic acid groups (broad SMARTS) is 1. The Morgan fingerprint density at radius 3 is 2.40 bits per heavy atom. The lowest BCUT2D eigenvalue weighted by Crippen LogP contribution is -2.51. The molecule has 0 spiro atoms. The fourth-order valence-corrected chi connectivity index (χ4v) is 5.65. The van der Waals surface area contributed by atoms with E-state index in [9.17, 15) is 14.4 Å². The summed E-state index contributed by atoms with van der Waals surface area (Å²) >= 11 is 0. The van der Waals surface area contributed by atoms with Crippen molar-refractivity contribution in [1.29, 1.82) is 0 Å². The Labute approximate surface area is 204 Å². The lowest BCUT2D eigenvalue weighted by molar-refractivity contribution is -0.144. The Morgan fingerprint density at radius 1 is 1.03 bits per heavy atom. The number of nitrogens with zero attached hydrogens (tertiary/aromatic N) is 1. The van der Waals surface area contributed by atoms with Crippen LogP contribution in [0.1, 0.15) is 49.1 Å². The lowest BCUT2D eigenvalue weighted by Gasteiger charge is -2.29. The van der Waals surface area contributed by atoms with Gasteiger partial charge in [0.05, 0.1) is 6.04 Å². The van der Waals surface area contributed by atoms with Gasteiger partial charge in [-0.25, -0.2) is 4.79 Å². The number of carbonyl (C=O) groups is 3. The van der Waals surface area contributed by atoms with E-state index in [-0.39, 0.29) is 30.9 Å². The van der Waals surface area contributed by atoms with E-state index < -0.39 is 24.2 Å². The van der Waals surface area contributed by atoms with Gasteiger partial charge in [-0.15, -0.1) is 0 Å². The first-order valence-corrected chi connectivity index (χ1v) is 12.3. The molecule has 2 aromatic rings. The maximum Gasteiger partial charge on any atom is 0.407 e. The van der Waals surface area contributed by atoms with Gasteiger partial charge in [-0.2, -0.15) is 0 Å². The summed E-state index contributed by atoms with van der Waals surface area (Å²) in [4.78, 5) is 38.6. The summed E-state index contributed by atoms with van der Waals surface area (Å²) in [7, 11) is 0. The number of carbonyl (C=O) groups excluding carboxylic acids is 2. The van der Waals surface area contributed by atoms with Gasteiger partial charge in [-0.05, 0) is 47.9 Å². The van der Waals surface area contributed by atoms with Crippen LogP contribution in [0.15, 0.2) is 48.5 Å². The molecule has 8 heteroatoms. The number of hydrogen-bond acceptors (Lipinski definition) is 5. The zero-order valence-corrected chi connectivity index (χ0v) is 19.5. The molecule has 2 amide bonds. The minimum atomic E-state index is -0.865. The Bertz CT molecular complexity index is 1070. The minimum absolute atomic E-state index is 0.0292. The van der Waals surface area contributed by atoms with Gasteiger partial charge in [0, 0.05) is 31.5 Å². The van der Waals surface area contributed by atoms with Crippen LogP contribution in [0.5, 0.6) is 0 Å². The number of benzene rings is 2. The molecule has 35 heavy (non-hydrogen) atoms. The summed E-state index contributed by atoms with van der Waals surface area (Å²) in [5.41, 5.74) is 4.60. The van der Waals surface area contributed by atoms with E-state index in [1.54, 1.807) is 4.90 Å². The fourth-order valence-electron chi connectivity index (χ4n) is 5.65. The molecule has 184 valence electrons. The fraction of sp³-hybridized carbons (Fsp3) is 0.444. The first-order valence-electron chi connectivity index (χ1n) is 12.3. The van der Waals surface area contributed by atoms with Crippen molar-refractivity contribution in [1.82, 2.24) is 10.2 Å². The van der Waals surface area contributed by atoms with Gasteiger partial charge in [0.2, 0.25) is 0 Å². The molecule has 2 aromatic carbocycles. The zero-order valence-electron chi connectivity index (χ0n) is 19.5. The molecular weight excluding hydrogens is 448 g/mol. The van der Waals surface area contributed by atoms with E-state index in [4.69, 9.17) is 14.6 Å². The van der Waals surface area contributed by atoms with Gasteiger partial charge < -0.3 is 24.8 Å². The molecule has 0 bridgehead atoms. The summed E-state index contributed by atoms with van der Waals surface area (Å²) in [6.45, 7) is 1.16. The molecule has 1 aliphatic carbocycles. The number of alkyl carbamates (subject to hydrolysis) is 1. The molecule has 0 radical (unpaired) electrons. The molecule has 3 atom stereocenters. The Kier molecular flexibility index (Phi) is 6.72. The number of amides is 2. The number of aliphatic carboxylic acids is 1. The molecule has 3 aliphatic rings. The van der Waals surface area contributed by atoms with Crippen LogP contribution < -0.4 is 5.32 Å². The highest BCUT2D eigenvalue weighted by Gasteiger charge is 2.41. The SMILES string of the molecule is O=C(O)CCC1CCCN1C(=O)[C@@H]1OCC[C@@H]1NC(=O)OCC1c2ccccc2-c2ccccc21. The second-order valence-corrected chi connectivity index (χ2v) is 9.42. The third kappa shape index (κ3) is 4.75. The van der Waals surface area contributed by atoms with Crippen LogP contribution in [0.25, 0.3) is 11.1 Å². The number of ether oxygens (including phenoxy) is 2. The Hall–Kier alpha value is -3.39. The first kappa shape index (κ1) is 23.4. The van der Waals surface area contributed by atoms with Crippen LogP contribution >= 0.6 is 0 Å². The summed E-state index contributed by atoms with van der Waals surface area (Å²) in [5, 5.41) is 11.8. The van der Waals surface area contributed by atoms with Crippen LogP contribution in [0, 0.1) is 0 Å². The smallest absolute Gasteiger partial charge is 0.407 e. The van der Waals surface area contributed by atoms with Crippen molar-refractivity contribution in [2.75, 3.05) is 19.8 Å². The monoisotopic (exact) mass is 478 g/mol. The highest BCUT2D eigenvalue weighted by atomic mass is 16.6. The minimum Gasteiger partial charge on any atom is -0.481 e. The summed E-state index contributed by atoms with van der Waals surface area (Å²) in [6.07, 6.45) is 1.27. The van der Waals surface area contributed by atoms with Gasteiger partial charge in [0.15, 0.2) is 6.10 Å². The van der Waals surface area contributed by atoms with Crippen LogP contribution in [-0.4, -0.2) is 65.9 Å². The average molecular weight is 479 g/mol. The van der Waals surface area contributed by atoms with E-state index in [1.807, 2.05) is 24.3 Å². The number of hydrogen-bond donors (Lipinski definition) is 2. The predicted octanol–water partition coefficient (Wildman–Crippen LogP) is 3.54. The highest BCUT2D eigenvalue weighted by molar-refractivity contribution is 5.84. The second kappa shape index (κ2) is 10.1. The van der Waals surface area contributed by atoms with Crippen molar-refractivity contribution in [2.45, 2.75) is 56.2 Å². The van der Waals surface area contributed by atoms with Crippen molar-refractivity contribution in [3.8, 4) is 11.1 Å². The quantitative estimate of drug-likeness (QED) is 0.631. The molecule has 2 N–H and O–H groups in total. The number of rotatable bonds is 7.